The molecule has 0 saturated heterocycles. The number of carbonyl (C=O) groups excluding carboxylic acids is 1. The first kappa shape index (κ1) is 17.6. The predicted octanol–water partition coefficient (Wildman–Crippen LogP) is 3.68. The molecule has 0 saturated carbocycles. The number of aryl methyl sites for hydroxylation is 1. The minimum absolute atomic E-state index is 0.353. The fourth-order valence-corrected chi connectivity index (χ4v) is 4.29. The zero-order chi connectivity index (χ0) is 16.7. The van der Waals surface area contributed by atoms with Gasteiger partial charge >= 0.3 is 0 Å². The molecule has 7 heteroatoms. The molecule has 2 rings (SSSR count). The number of amides is 1. The van der Waals surface area contributed by atoms with E-state index in [1.165, 1.54) is 0 Å². The summed E-state index contributed by atoms with van der Waals surface area (Å²) in [6, 6.07) is 7.86. The van der Waals surface area contributed by atoms with Gasteiger partial charge in [-0.2, -0.15) is 0 Å². The van der Waals surface area contributed by atoms with Gasteiger partial charge in [-0.05, 0) is 25.5 Å². The zero-order valence-corrected chi connectivity index (χ0v) is 14.9. The third-order valence-corrected chi connectivity index (χ3v) is 5.71. The highest BCUT2D eigenvalue weighted by atomic mass is 33.1. The van der Waals surface area contributed by atoms with E-state index in [0.717, 1.165) is 34.7 Å². The minimum Gasteiger partial charge on any atom is -0.383 e. The molecule has 0 aliphatic rings. The number of aromatic nitrogens is 2. The Balaban J connectivity index is 2.21. The highest BCUT2D eigenvalue weighted by Gasteiger charge is 2.14. The first-order valence-electron chi connectivity index (χ1n) is 7.34. The summed E-state index contributed by atoms with van der Waals surface area (Å²) in [5.74, 6) is 2.10. The Kier molecular flexibility index (Phi) is 6.73. The molecule has 0 atom stereocenters. The van der Waals surface area contributed by atoms with E-state index in [9.17, 15) is 4.79 Å². The van der Waals surface area contributed by atoms with Gasteiger partial charge in [0.15, 0.2) is 0 Å². The second-order valence-corrected chi connectivity index (χ2v) is 7.39. The molecule has 0 spiro atoms. The average Bonchev–Trinajstić information content (AvgIpc) is 2.55. The lowest BCUT2D eigenvalue weighted by atomic mass is 10.2. The molecule has 0 aliphatic carbocycles. The quantitative estimate of drug-likeness (QED) is 0.446. The van der Waals surface area contributed by atoms with E-state index in [2.05, 4.69) is 16.9 Å². The lowest BCUT2D eigenvalue weighted by molar-refractivity contribution is -0.107. The van der Waals surface area contributed by atoms with Gasteiger partial charge in [0.25, 0.3) is 0 Å². The minimum atomic E-state index is 0.353. The van der Waals surface area contributed by atoms with E-state index in [1.807, 2.05) is 24.3 Å². The second-order valence-electron chi connectivity index (χ2n) is 4.93. The number of hydrogen-bond acceptors (Lipinski definition) is 6. The summed E-state index contributed by atoms with van der Waals surface area (Å²) in [5, 5.41) is 0. The second kappa shape index (κ2) is 8.79. The van der Waals surface area contributed by atoms with Crippen LogP contribution in [0.1, 0.15) is 24.7 Å². The lowest BCUT2D eigenvalue weighted by Crippen LogP contribution is -2.22. The van der Waals surface area contributed by atoms with Crippen LogP contribution >= 0.6 is 21.6 Å². The number of nitrogens with zero attached hydrogens (tertiary/aromatic N) is 3. The molecule has 1 amide bonds. The van der Waals surface area contributed by atoms with Crippen molar-refractivity contribution in [2.24, 2.45) is 0 Å². The number of nitrogen functional groups attached to an aromatic ring is 1. The molecule has 122 valence electrons. The van der Waals surface area contributed by atoms with Crippen LogP contribution in [0.4, 0.5) is 11.5 Å². The van der Waals surface area contributed by atoms with Crippen molar-refractivity contribution < 1.29 is 4.79 Å². The molecule has 1 heterocycles. The Labute approximate surface area is 144 Å². The number of anilines is 2. The van der Waals surface area contributed by atoms with Crippen LogP contribution in [0.25, 0.3) is 0 Å². The van der Waals surface area contributed by atoms with Crippen molar-refractivity contribution in [1.82, 2.24) is 9.97 Å². The zero-order valence-electron chi connectivity index (χ0n) is 13.2. The fraction of sp³-hybridized carbons (Fsp3) is 0.312. The van der Waals surface area contributed by atoms with Gasteiger partial charge in [-0.3, -0.25) is 4.79 Å². The van der Waals surface area contributed by atoms with E-state index >= 15 is 0 Å². The largest absolute Gasteiger partial charge is 0.383 e. The van der Waals surface area contributed by atoms with Crippen LogP contribution in [0.3, 0.4) is 0 Å². The van der Waals surface area contributed by atoms with Crippen molar-refractivity contribution in [3.05, 3.63) is 41.9 Å². The summed E-state index contributed by atoms with van der Waals surface area (Å²) in [6.45, 7) is 4.29. The van der Waals surface area contributed by atoms with E-state index in [-0.39, 0.29) is 0 Å². The molecule has 0 bridgehead atoms. The molecule has 5 nitrogen and oxygen atoms in total. The lowest BCUT2D eigenvalue weighted by Gasteiger charge is -2.20. The van der Waals surface area contributed by atoms with Gasteiger partial charge in [-0.1, -0.05) is 40.6 Å². The molecular weight excluding hydrogens is 328 g/mol. The van der Waals surface area contributed by atoms with Crippen molar-refractivity contribution in [3.63, 3.8) is 0 Å². The summed E-state index contributed by atoms with van der Waals surface area (Å²) < 4.78 is 0. The van der Waals surface area contributed by atoms with E-state index in [1.54, 1.807) is 39.6 Å². The predicted molar refractivity (Wildman–Crippen MR) is 98.5 cm³/mol. The van der Waals surface area contributed by atoms with Gasteiger partial charge in [0.05, 0.1) is 12.2 Å². The summed E-state index contributed by atoms with van der Waals surface area (Å²) in [6.07, 6.45) is 3.62. The monoisotopic (exact) mass is 348 g/mol. The topological polar surface area (TPSA) is 72.1 Å². The summed E-state index contributed by atoms with van der Waals surface area (Å²) in [5.41, 5.74) is 7.55. The average molecular weight is 348 g/mol. The third-order valence-electron chi connectivity index (χ3n) is 3.10. The highest BCUT2D eigenvalue weighted by Crippen LogP contribution is 2.38. The van der Waals surface area contributed by atoms with E-state index in [4.69, 9.17) is 5.73 Å². The Morgan fingerprint density at radius 2 is 2.13 bits per heavy atom. The van der Waals surface area contributed by atoms with Crippen LogP contribution < -0.4 is 10.6 Å². The smallest absolute Gasteiger partial charge is 0.214 e. The Bertz CT molecular complexity index is 666. The van der Waals surface area contributed by atoms with Gasteiger partial charge in [0.2, 0.25) is 6.41 Å². The maximum atomic E-state index is 11.6. The molecule has 0 radical (unpaired) electrons. The van der Waals surface area contributed by atoms with Gasteiger partial charge in [-0.25, -0.2) is 9.97 Å². The van der Waals surface area contributed by atoms with Crippen molar-refractivity contribution in [2.75, 3.05) is 16.4 Å². The molecule has 1 aromatic heterocycles. The standard InChI is InChI=1S/C16H20N4OS2/c1-3-8-22-23-15-7-5-4-6-14(15)20(11-21)10-13-9-18-12(2)19-16(13)17/h4-7,9,11H,3,8,10H2,1-2H3,(H2,17,18,19). The van der Waals surface area contributed by atoms with Crippen LogP contribution in [-0.4, -0.2) is 22.1 Å². The molecule has 1 aromatic carbocycles. The fourth-order valence-electron chi connectivity index (χ4n) is 1.95. The van der Waals surface area contributed by atoms with Gasteiger partial charge < -0.3 is 10.6 Å². The van der Waals surface area contributed by atoms with Crippen LogP contribution in [0.5, 0.6) is 0 Å². The number of carbonyl (C=O) groups is 1. The van der Waals surface area contributed by atoms with Gasteiger partial charge in [-0.15, -0.1) is 0 Å². The maximum absolute atomic E-state index is 11.6. The normalized spacial score (nSPS) is 10.5. The SMILES string of the molecule is CCCSSc1ccccc1N(C=O)Cc1cnc(C)nc1N. The molecule has 23 heavy (non-hydrogen) atoms. The number of para-hydroxylation sites is 1. The molecule has 2 aromatic rings. The van der Waals surface area contributed by atoms with Crippen molar-refractivity contribution in [3.8, 4) is 0 Å². The summed E-state index contributed by atoms with van der Waals surface area (Å²) >= 11 is 0. The van der Waals surface area contributed by atoms with Crippen molar-refractivity contribution in [2.45, 2.75) is 31.7 Å². The Morgan fingerprint density at radius 1 is 1.35 bits per heavy atom. The Morgan fingerprint density at radius 3 is 2.83 bits per heavy atom. The van der Waals surface area contributed by atoms with Crippen LogP contribution in [0.2, 0.25) is 0 Å². The third kappa shape index (κ3) is 4.87. The molecule has 0 unspecified atom stereocenters. The van der Waals surface area contributed by atoms with E-state index in [0.29, 0.717) is 18.2 Å². The van der Waals surface area contributed by atoms with Crippen LogP contribution in [-0.2, 0) is 11.3 Å². The molecule has 0 fully saturated rings. The number of rotatable bonds is 8. The van der Waals surface area contributed by atoms with Crippen molar-refractivity contribution in [1.29, 1.82) is 0 Å². The molecular formula is C16H20N4OS2. The first-order chi connectivity index (χ1) is 11.2. The molecule has 0 aliphatic heterocycles. The van der Waals surface area contributed by atoms with Crippen LogP contribution in [0.15, 0.2) is 35.4 Å². The molecule has 2 N–H and O–H groups in total. The maximum Gasteiger partial charge on any atom is 0.214 e. The number of hydrogen-bond donors (Lipinski definition) is 1. The highest BCUT2D eigenvalue weighted by molar-refractivity contribution is 8.76. The van der Waals surface area contributed by atoms with Crippen LogP contribution in [0, 0.1) is 6.92 Å². The number of benzene rings is 1. The summed E-state index contributed by atoms with van der Waals surface area (Å²) in [7, 11) is 3.47. The van der Waals surface area contributed by atoms with Gasteiger partial charge in [0, 0.05) is 22.4 Å². The number of nitrogens with two attached hydrogens (primary N) is 1. The summed E-state index contributed by atoms with van der Waals surface area (Å²) in [4.78, 5) is 22.6. The van der Waals surface area contributed by atoms with Crippen molar-refractivity contribution >= 4 is 39.5 Å². The van der Waals surface area contributed by atoms with Gasteiger partial charge in [0.1, 0.15) is 11.6 Å². The first-order valence-corrected chi connectivity index (χ1v) is 9.66. The Hall–Kier alpha value is -1.73. The van der Waals surface area contributed by atoms with E-state index < -0.39 is 0 Å².